The fraction of sp³-hybridized carbons (Fsp3) is 0.190. The van der Waals surface area contributed by atoms with Crippen molar-refractivity contribution in [2.24, 2.45) is 0 Å². The number of carbonyl (C=O) groups excluding carboxylic acids is 1. The van der Waals surface area contributed by atoms with Gasteiger partial charge in [-0.2, -0.15) is 0 Å². The van der Waals surface area contributed by atoms with E-state index in [0.29, 0.717) is 17.9 Å². The van der Waals surface area contributed by atoms with E-state index in [4.69, 9.17) is 9.47 Å². The van der Waals surface area contributed by atoms with E-state index in [1.165, 1.54) is 0 Å². The van der Waals surface area contributed by atoms with Gasteiger partial charge < -0.3 is 14.8 Å². The summed E-state index contributed by atoms with van der Waals surface area (Å²) in [5, 5.41) is 5.58. The number of methoxy groups -OCH3 is 2. The molecule has 25 heavy (non-hydrogen) atoms. The predicted molar refractivity (Wildman–Crippen MR) is 98.8 cm³/mol. The molecule has 0 radical (unpaired) electrons. The van der Waals surface area contributed by atoms with Crippen molar-refractivity contribution in [3.63, 3.8) is 0 Å². The zero-order chi connectivity index (χ0) is 17.4. The van der Waals surface area contributed by atoms with Crippen LogP contribution in [0.3, 0.4) is 0 Å². The van der Waals surface area contributed by atoms with Crippen LogP contribution in [0.2, 0.25) is 0 Å². The number of nitrogens with one attached hydrogen (secondary N) is 1. The standard InChI is InChI=1S/C21H19NO3/c1-24-19-9-5-8-15(21(19)25-2)17-12-18(23)20-14-7-4-3-6-13(14)10-11-16(20)22-17/h3-11,17,22H,12H2,1-2H3/t17-/m1/s1. The maximum Gasteiger partial charge on any atom is 0.167 e. The number of carbonyl (C=O) groups is 1. The largest absolute Gasteiger partial charge is 0.493 e. The van der Waals surface area contributed by atoms with Crippen molar-refractivity contribution < 1.29 is 14.3 Å². The van der Waals surface area contributed by atoms with Gasteiger partial charge in [-0.05, 0) is 22.9 Å². The molecule has 0 saturated heterocycles. The molecule has 3 aromatic carbocycles. The molecule has 3 aromatic rings. The summed E-state index contributed by atoms with van der Waals surface area (Å²) in [6, 6.07) is 17.6. The first-order valence-electron chi connectivity index (χ1n) is 8.25. The summed E-state index contributed by atoms with van der Waals surface area (Å²) in [5.41, 5.74) is 2.56. The summed E-state index contributed by atoms with van der Waals surface area (Å²) in [6.45, 7) is 0. The number of fused-ring (bicyclic) bond motifs is 3. The zero-order valence-electron chi connectivity index (χ0n) is 14.2. The van der Waals surface area contributed by atoms with Gasteiger partial charge in [-0.3, -0.25) is 4.79 Å². The van der Waals surface area contributed by atoms with Crippen molar-refractivity contribution in [2.75, 3.05) is 19.5 Å². The summed E-state index contributed by atoms with van der Waals surface area (Å²) in [7, 11) is 3.23. The van der Waals surface area contributed by atoms with E-state index >= 15 is 0 Å². The Hall–Kier alpha value is -3.01. The molecule has 4 nitrogen and oxygen atoms in total. The Morgan fingerprint density at radius 2 is 1.80 bits per heavy atom. The number of hydrogen-bond acceptors (Lipinski definition) is 4. The first kappa shape index (κ1) is 15.5. The molecule has 1 aliphatic rings. The van der Waals surface area contributed by atoms with Gasteiger partial charge in [0.15, 0.2) is 17.3 Å². The monoisotopic (exact) mass is 333 g/mol. The zero-order valence-corrected chi connectivity index (χ0v) is 14.2. The SMILES string of the molecule is COc1cccc([C@H]2CC(=O)c3c(ccc4ccccc34)N2)c1OC. The average molecular weight is 333 g/mol. The van der Waals surface area contributed by atoms with Crippen molar-refractivity contribution in [3.8, 4) is 11.5 Å². The highest BCUT2D eigenvalue weighted by atomic mass is 16.5. The summed E-state index contributed by atoms with van der Waals surface area (Å²) in [4.78, 5) is 12.9. The predicted octanol–water partition coefficient (Wildman–Crippen LogP) is 4.60. The smallest absolute Gasteiger partial charge is 0.167 e. The second kappa shape index (κ2) is 6.13. The van der Waals surface area contributed by atoms with E-state index in [2.05, 4.69) is 5.32 Å². The van der Waals surface area contributed by atoms with Crippen LogP contribution in [0.1, 0.15) is 28.4 Å². The molecule has 0 saturated carbocycles. The van der Waals surface area contributed by atoms with Crippen LogP contribution in [0.25, 0.3) is 10.8 Å². The van der Waals surface area contributed by atoms with E-state index in [9.17, 15) is 4.79 Å². The summed E-state index contributed by atoms with van der Waals surface area (Å²) >= 11 is 0. The van der Waals surface area contributed by atoms with E-state index in [-0.39, 0.29) is 11.8 Å². The van der Waals surface area contributed by atoms with Gasteiger partial charge in [0.05, 0.1) is 20.3 Å². The lowest BCUT2D eigenvalue weighted by molar-refractivity contribution is 0.0973. The molecule has 0 bridgehead atoms. The fourth-order valence-corrected chi connectivity index (χ4v) is 3.59. The Morgan fingerprint density at radius 1 is 0.960 bits per heavy atom. The Labute approximate surface area is 146 Å². The van der Waals surface area contributed by atoms with Crippen LogP contribution in [-0.2, 0) is 0 Å². The van der Waals surface area contributed by atoms with Gasteiger partial charge in [0.1, 0.15) is 0 Å². The van der Waals surface area contributed by atoms with Crippen LogP contribution >= 0.6 is 0 Å². The molecule has 1 heterocycles. The topological polar surface area (TPSA) is 47.6 Å². The minimum Gasteiger partial charge on any atom is -0.493 e. The van der Waals surface area contributed by atoms with Gasteiger partial charge in [-0.15, -0.1) is 0 Å². The van der Waals surface area contributed by atoms with E-state index < -0.39 is 0 Å². The number of rotatable bonds is 3. The number of anilines is 1. The molecule has 0 spiro atoms. The molecule has 1 atom stereocenters. The Kier molecular flexibility index (Phi) is 3.80. The molecule has 0 unspecified atom stereocenters. The fourth-order valence-electron chi connectivity index (χ4n) is 3.59. The Bertz CT molecular complexity index is 965. The molecule has 0 fully saturated rings. The number of ketones is 1. The second-order valence-corrected chi connectivity index (χ2v) is 6.12. The van der Waals surface area contributed by atoms with E-state index in [1.54, 1.807) is 14.2 Å². The molecular weight excluding hydrogens is 314 g/mol. The number of hydrogen-bond donors (Lipinski definition) is 1. The minimum absolute atomic E-state index is 0.139. The molecule has 4 heteroatoms. The molecule has 1 N–H and O–H groups in total. The van der Waals surface area contributed by atoms with Crippen molar-refractivity contribution in [3.05, 3.63) is 65.7 Å². The molecule has 0 amide bonds. The molecule has 0 aliphatic carbocycles. The third kappa shape index (κ3) is 2.50. The number of benzene rings is 3. The summed E-state index contributed by atoms with van der Waals surface area (Å²) < 4.78 is 10.9. The van der Waals surface area contributed by atoms with Gasteiger partial charge in [-0.25, -0.2) is 0 Å². The highest BCUT2D eigenvalue weighted by Crippen LogP contribution is 2.42. The molecular formula is C21H19NO3. The molecule has 4 rings (SSSR count). The lowest BCUT2D eigenvalue weighted by atomic mass is 9.89. The first-order valence-corrected chi connectivity index (χ1v) is 8.25. The average Bonchev–Trinajstić information content (AvgIpc) is 2.66. The lowest BCUT2D eigenvalue weighted by Crippen LogP contribution is -2.23. The normalized spacial score (nSPS) is 16.2. The van der Waals surface area contributed by atoms with Crippen LogP contribution in [0.15, 0.2) is 54.6 Å². The Balaban J connectivity index is 1.81. The van der Waals surface area contributed by atoms with Gasteiger partial charge >= 0.3 is 0 Å². The van der Waals surface area contributed by atoms with Crippen LogP contribution in [0.5, 0.6) is 11.5 Å². The number of para-hydroxylation sites is 1. The quantitative estimate of drug-likeness (QED) is 0.761. The van der Waals surface area contributed by atoms with Crippen molar-refractivity contribution in [1.82, 2.24) is 0 Å². The minimum atomic E-state index is -0.147. The third-order valence-corrected chi connectivity index (χ3v) is 4.74. The molecule has 126 valence electrons. The number of ether oxygens (including phenoxy) is 2. The van der Waals surface area contributed by atoms with E-state index in [0.717, 1.165) is 27.6 Å². The maximum absolute atomic E-state index is 12.9. The highest BCUT2D eigenvalue weighted by molar-refractivity contribution is 6.14. The van der Waals surface area contributed by atoms with Gasteiger partial charge in [0.2, 0.25) is 0 Å². The maximum atomic E-state index is 12.9. The van der Waals surface area contributed by atoms with Gasteiger partial charge in [-0.1, -0.05) is 42.5 Å². The first-order chi connectivity index (χ1) is 12.2. The van der Waals surface area contributed by atoms with Gasteiger partial charge in [0, 0.05) is 23.2 Å². The van der Waals surface area contributed by atoms with Crippen molar-refractivity contribution in [1.29, 1.82) is 0 Å². The van der Waals surface area contributed by atoms with Crippen LogP contribution < -0.4 is 14.8 Å². The van der Waals surface area contributed by atoms with Crippen LogP contribution in [0, 0.1) is 0 Å². The lowest BCUT2D eigenvalue weighted by Gasteiger charge is -2.28. The third-order valence-electron chi connectivity index (χ3n) is 4.74. The van der Waals surface area contributed by atoms with E-state index in [1.807, 2.05) is 54.6 Å². The molecule has 1 aliphatic heterocycles. The second-order valence-electron chi connectivity index (χ2n) is 6.12. The summed E-state index contributed by atoms with van der Waals surface area (Å²) in [5.74, 6) is 1.47. The number of Topliss-reactive ketones (excluding diaryl/α,β-unsaturated/α-hetero) is 1. The van der Waals surface area contributed by atoms with Gasteiger partial charge in [0.25, 0.3) is 0 Å². The highest BCUT2D eigenvalue weighted by Gasteiger charge is 2.29. The molecule has 0 aromatic heterocycles. The van der Waals surface area contributed by atoms with Crippen molar-refractivity contribution >= 4 is 22.2 Å². The van der Waals surface area contributed by atoms with Crippen LogP contribution in [0.4, 0.5) is 5.69 Å². The Morgan fingerprint density at radius 3 is 2.60 bits per heavy atom. The van der Waals surface area contributed by atoms with Crippen molar-refractivity contribution in [2.45, 2.75) is 12.5 Å². The van der Waals surface area contributed by atoms with Crippen LogP contribution in [-0.4, -0.2) is 20.0 Å². The summed E-state index contributed by atoms with van der Waals surface area (Å²) in [6.07, 6.45) is 0.379.